The normalized spacial score (nSPS) is 19.6. The Morgan fingerprint density at radius 2 is 1.71 bits per heavy atom. The van der Waals surface area contributed by atoms with Gasteiger partial charge in [0.2, 0.25) is 0 Å². The smallest absolute Gasteiger partial charge is 0.181 e. The Balaban J connectivity index is 0.000000336. The van der Waals surface area contributed by atoms with Crippen molar-refractivity contribution in [1.29, 1.82) is 0 Å². The Morgan fingerprint density at radius 1 is 0.971 bits per heavy atom. The van der Waals surface area contributed by atoms with Crippen LogP contribution in [0.5, 0.6) is 0 Å². The molecule has 2 unspecified atom stereocenters. The van der Waals surface area contributed by atoms with Crippen molar-refractivity contribution < 1.29 is 8.42 Å². The Labute approximate surface area is 216 Å². The largest absolute Gasteiger partial charge is 0.301 e. The van der Waals surface area contributed by atoms with E-state index in [1.165, 1.54) is 0 Å². The topological polar surface area (TPSA) is 66.1 Å². The number of aromatic nitrogens is 2. The predicted molar refractivity (Wildman–Crippen MR) is 144 cm³/mol. The van der Waals surface area contributed by atoms with Crippen LogP contribution in [0, 0.1) is 6.92 Å². The van der Waals surface area contributed by atoms with Gasteiger partial charge in [-0.15, -0.1) is 0 Å². The zero-order valence-corrected chi connectivity index (χ0v) is 22.2. The van der Waals surface area contributed by atoms with E-state index in [1.807, 2.05) is 78.5 Å². The van der Waals surface area contributed by atoms with Crippen LogP contribution in [-0.4, -0.2) is 23.0 Å². The van der Waals surface area contributed by atoms with Crippen LogP contribution in [-0.2, 0) is 10.0 Å². The van der Waals surface area contributed by atoms with Crippen LogP contribution in [0.25, 0.3) is 15.7 Å². The standard InChI is InChI=1S/C20H18BrN3O2S.C5H4BrN/c1-16-9-11-18(12-10-16)27(25,26)22-24(15-5-4-8-20(24)21)23-14-13-17-6-2-3-7-19(17)23;6-5-3-1-2-4-7-5/h2-15,20H,1H3;1-4H. The molecule has 34 heavy (non-hydrogen) atoms. The number of rotatable bonds is 4. The lowest BCUT2D eigenvalue weighted by Crippen LogP contribution is -2.55. The van der Waals surface area contributed by atoms with E-state index in [0.29, 0.717) is 0 Å². The van der Waals surface area contributed by atoms with Gasteiger partial charge in [-0.1, -0.05) is 48.0 Å². The maximum Gasteiger partial charge on any atom is 0.181 e. The summed E-state index contributed by atoms with van der Waals surface area (Å²) >= 11 is 6.81. The van der Waals surface area contributed by atoms with Gasteiger partial charge in [-0.2, -0.15) is 0 Å². The molecule has 2 atom stereocenters. The van der Waals surface area contributed by atoms with Crippen LogP contribution in [0.1, 0.15) is 5.56 Å². The van der Waals surface area contributed by atoms with Gasteiger partial charge in [0, 0.05) is 11.6 Å². The van der Waals surface area contributed by atoms with Crippen molar-refractivity contribution in [2.24, 2.45) is 0 Å². The van der Waals surface area contributed by atoms with Gasteiger partial charge in [-0.05, 0) is 87.3 Å². The molecule has 0 amide bonds. The number of sulfonamides is 1. The second-order valence-electron chi connectivity index (χ2n) is 7.54. The van der Waals surface area contributed by atoms with Gasteiger partial charge in [-0.3, -0.25) is 0 Å². The van der Waals surface area contributed by atoms with Gasteiger partial charge in [-0.25, -0.2) is 22.8 Å². The molecule has 2 aromatic carbocycles. The van der Waals surface area contributed by atoms with E-state index in [-0.39, 0.29) is 14.5 Å². The lowest BCUT2D eigenvalue weighted by atomic mass is 10.2. The quantitative estimate of drug-likeness (QED) is 0.113. The molecule has 3 heterocycles. The average molecular weight is 602 g/mol. The summed E-state index contributed by atoms with van der Waals surface area (Å²) in [7, 11) is -3.90. The molecule has 0 fully saturated rings. The molecule has 9 heteroatoms. The second-order valence-corrected chi connectivity index (χ2v) is 10.9. The molecule has 174 valence electrons. The first-order chi connectivity index (χ1) is 16.3. The molecule has 0 N–H and O–H groups in total. The second kappa shape index (κ2) is 10.4. The van der Waals surface area contributed by atoms with Crippen LogP contribution in [0.2, 0.25) is 0 Å². The number of para-hydroxylation sites is 1. The van der Waals surface area contributed by atoms with Gasteiger partial charge >= 0.3 is 0 Å². The van der Waals surface area contributed by atoms with Crippen LogP contribution < -0.4 is 4.70 Å². The number of allylic oxidation sites excluding steroid dienone is 2. The number of quaternary nitrogens is 1. The monoisotopic (exact) mass is 600 g/mol. The van der Waals surface area contributed by atoms with Crippen LogP contribution in [0.3, 0.4) is 0 Å². The summed E-state index contributed by atoms with van der Waals surface area (Å²) < 4.78 is 28.7. The third kappa shape index (κ3) is 5.24. The maximum absolute atomic E-state index is 13.1. The zero-order valence-electron chi connectivity index (χ0n) is 18.2. The highest BCUT2D eigenvalue weighted by Crippen LogP contribution is 2.35. The summed E-state index contributed by atoms with van der Waals surface area (Å²) in [6.07, 6.45) is 10.9. The van der Waals surface area contributed by atoms with Gasteiger partial charge in [0.25, 0.3) is 0 Å². The number of benzene rings is 2. The summed E-state index contributed by atoms with van der Waals surface area (Å²) in [6, 6.07) is 22.2. The number of pyridine rings is 1. The molecule has 0 saturated heterocycles. The molecule has 2 aromatic heterocycles. The van der Waals surface area contributed by atoms with E-state index < -0.39 is 10.0 Å². The fourth-order valence-corrected chi connectivity index (χ4v) is 5.61. The molecule has 0 saturated carbocycles. The summed E-state index contributed by atoms with van der Waals surface area (Å²) in [5.41, 5.74) is 1.89. The van der Waals surface area contributed by atoms with Gasteiger partial charge < -0.3 is 4.83 Å². The first-order valence-corrected chi connectivity index (χ1v) is 13.5. The molecule has 1 aliphatic rings. The molecule has 0 bridgehead atoms. The SMILES string of the molecule is Brc1ccccn1.Cc1ccc(S(=O)(=O)[N-][N+]2(n3ccc4ccccc43)C=CC=CC2Br)cc1. The minimum Gasteiger partial charge on any atom is -0.301 e. The van der Waals surface area contributed by atoms with Crippen LogP contribution in [0.15, 0.2) is 119 Å². The Morgan fingerprint density at radius 3 is 2.35 bits per heavy atom. The summed E-state index contributed by atoms with van der Waals surface area (Å²) in [6.45, 7) is 1.92. The van der Waals surface area contributed by atoms with Crippen LogP contribution >= 0.6 is 31.9 Å². The van der Waals surface area contributed by atoms with Crippen molar-refractivity contribution in [2.45, 2.75) is 16.8 Å². The van der Waals surface area contributed by atoms with Crippen molar-refractivity contribution in [3.05, 3.63) is 125 Å². The number of fused-ring (bicyclic) bond motifs is 1. The lowest BCUT2D eigenvalue weighted by molar-refractivity contribution is 0.287. The lowest BCUT2D eigenvalue weighted by Gasteiger charge is -2.47. The molecule has 4 aromatic rings. The van der Waals surface area contributed by atoms with Gasteiger partial charge in [0.1, 0.15) is 26.3 Å². The highest BCUT2D eigenvalue weighted by atomic mass is 79.9. The molecule has 0 aliphatic carbocycles. The molecular weight excluding hydrogens is 580 g/mol. The summed E-state index contributed by atoms with van der Waals surface area (Å²) in [4.78, 5) is 8.05. The molecule has 0 spiro atoms. The number of alkyl halides is 1. The highest BCUT2D eigenvalue weighted by Gasteiger charge is 2.33. The fraction of sp³-hybridized carbons (Fsp3) is 0.0800. The molecule has 0 radical (unpaired) electrons. The van der Waals surface area contributed by atoms with Crippen molar-refractivity contribution in [1.82, 2.24) is 14.4 Å². The first-order valence-electron chi connectivity index (χ1n) is 10.4. The minimum absolute atomic E-state index is 0.171. The summed E-state index contributed by atoms with van der Waals surface area (Å²) in [5, 5.41) is 1.01. The van der Waals surface area contributed by atoms with E-state index in [4.69, 9.17) is 0 Å². The Hall–Kier alpha value is -2.56. The van der Waals surface area contributed by atoms with Crippen molar-refractivity contribution in [3.63, 3.8) is 0 Å². The zero-order chi connectivity index (χ0) is 24.2. The predicted octanol–water partition coefficient (Wildman–Crippen LogP) is 6.71. The van der Waals surface area contributed by atoms with E-state index in [9.17, 15) is 8.42 Å². The van der Waals surface area contributed by atoms with E-state index >= 15 is 0 Å². The third-order valence-corrected chi connectivity index (χ3v) is 7.88. The van der Waals surface area contributed by atoms with Crippen LogP contribution in [0.4, 0.5) is 0 Å². The number of hydrogen-bond acceptors (Lipinski definition) is 3. The van der Waals surface area contributed by atoms with E-state index in [1.54, 1.807) is 42.7 Å². The number of aryl methyl sites for hydroxylation is 1. The summed E-state index contributed by atoms with van der Waals surface area (Å²) in [5.74, 6) is 0. The fourth-order valence-electron chi connectivity index (χ4n) is 3.46. The van der Waals surface area contributed by atoms with Gasteiger partial charge in [0.05, 0.1) is 11.1 Å². The molecule has 1 aliphatic heterocycles. The Bertz CT molecular complexity index is 1430. The molecule has 5 rings (SSSR count). The molecule has 6 nitrogen and oxygen atoms in total. The minimum atomic E-state index is -3.90. The highest BCUT2D eigenvalue weighted by molar-refractivity contribution is 9.10. The van der Waals surface area contributed by atoms with Crippen molar-refractivity contribution in [2.75, 3.05) is 0 Å². The molecular formula is C25H22Br2N4O2S. The third-order valence-electron chi connectivity index (χ3n) is 5.16. The van der Waals surface area contributed by atoms with Crippen molar-refractivity contribution in [3.8, 4) is 0 Å². The van der Waals surface area contributed by atoms with E-state index in [0.717, 1.165) is 21.1 Å². The Kier molecular flexibility index (Phi) is 7.49. The first kappa shape index (κ1) is 24.6. The number of halogens is 2. The average Bonchev–Trinajstić information content (AvgIpc) is 3.27. The van der Waals surface area contributed by atoms with E-state index in [2.05, 4.69) is 41.7 Å². The number of nitrogens with zero attached hydrogens (tertiary/aromatic N) is 4. The number of hydrogen-bond donors (Lipinski definition) is 0. The van der Waals surface area contributed by atoms with Gasteiger partial charge in [0.15, 0.2) is 4.95 Å². The van der Waals surface area contributed by atoms with Crippen molar-refractivity contribution >= 4 is 52.8 Å². The maximum atomic E-state index is 13.1.